The Labute approximate surface area is 86.4 Å². The number of aromatic nitrogens is 1. The highest BCUT2D eigenvalue weighted by molar-refractivity contribution is 8.01. The van der Waals surface area contributed by atoms with E-state index in [-0.39, 0.29) is 6.61 Å². The summed E-state index contributed by atoms with van der Waals surface area (Å²) in [7, 11) is 0. The summed E-state index contributed by atoms with van der Waals surface area (Å²) in [5.74, 6) is 1.03. The second-order valence-electron chi connectivity index (χ2n) is 2.70. The van der Waals surface area contributed by atoms with Gasteiger partial charge in [0.05, 0.1) is 9.90 Å². The summed E-state index contributed by atoms with van der Waals surface area (Å²) < 4.78 is 1.20. The summed E-state index contributed by atoms with van der Waals surface area (Å²) in [6, 6.07) is 0. The maximum absolute atomic E-state index is 8.58. The maximum atomic E-state index is 8.58. The number of hydrogen-bond donors (Lipinski definition) is 2. The first-order valence-corrected chi connectivity index (χ1v) is 6.01. The lowest BCUT2D eigenvalue weighted by Gasteiger charge is -1.97. The molecule has 3 nitrogen and oxygen atoms in total. The fraction of sp³-hybridized carbons (Fsp3) is 0.625. The second-order valence-corrected chi connectivity index (χ2v) is 5.10. The highest BCUT2D eigenvalue weighted by Gasteiger charge is 2.04. The van der Waals surface area contributed by atoms with Crippen molar-refractivity contribution in [2.75, 3.05) is 18.1 Å². The SMILES string of the molecule is Cc1nc(N)sc1SCCCCO. The summed E-state index contributed by atoms with van der Waals surface area (Å²) in [6.07, 6.45) is 1.92. The quantitative estimate of drug-likeness (QED) is 0.585. The third-order valence-electron chi connectivity index (χ3n) is 1.56. The van der Waals surface area contributed by atoms with Crippen LogP contribution in [0.5, 0.6) is 0 Å². The Bertz CT molecular complexity index is 263. The molecule has 5 heteroatoms. The number of hydrogen-bond acceptors (Lipinski definition) is 5. The van der Waals surface area contributed by atoms with Crippen LogP contribution in [0, 0.1) is 6.92 Å². The molecule has 0 unspecified atom stereocenters. The number of aliphatic hydroxyl groups excluding tert-OH is 1. The van der Waals surface area contributed by atoms with Gasteiger partial charge in [0.2, 0.25) is 0 Å². The molecular weight excluding hydrogens is 204 g/mol. The number of thioether (sulfide) groups is 1. The molecule has 1 rings (SSSR count). The molecule has 0 bridgehead atoms. The molecule has 0 aliphatic rings. The van der Waals surface area contributed by atoms with E-state index in [0.29, 0.717) is 5.13 Å². The van der Waals surface area contributed by atoms with Gasteiger partial charge in [0.15, 0.2) is 5.13 Å². The Kier molecular flexibility index (Phi) is 4.55. The molecule has 1 aromatic rings. The van der Waals surface area contributed by atoms with Gasteiger partial charge in [-0.25, -0.2) is 4.98 Å². The maximum Gasteiger partial charge on any atom is 0.181 e. The molecule has 0 atom stereocenters. The van der Waals surface area contributed by atoms with Gasteiger partial charge in [-0.3, -0.25) is 0 Å². The molecule has 0 aliphatic heterocycles. The molecule has 0 spiro atoms. The molecule has 0 aliphatic carbocycles. The highest BCUT2D eigenvalue weighted by atomic mass is 32.2. The predicted molar refractivity (Wildman–Crippen MR) is 58.3 cm³/mol. The number of nitrogens with zero attached hydrogens (tertiary/aromatic N) is 1. The van der Waals surface area contributed by atoms with E-state index in [1.807, 2.05) is 6.92 Å². The monoisotopic (exact) mass is 218 g/mol. The Balaban J connectivity index is 2.32. The number of aryl methyl sites for hydroxylation is 1. The zero-order valence-electron chi connectivity index (χ0n) is 7.62. The van der Waals surface area contributed by atoms with E-state index in [4.69, 9.17) is 10.8 Å². The number of nitrogen functional groups attached to an aromatic ring is 1. The lowest BCUT2D eigenvalue weighted by Crippen LogP contribution is -1.85. The lowest BCUT2D eigenvalue weighted by atomic mass is 10.4. The smallest absolute Gasteiger partial charge is 0.181 e. The Morgan fingerprint density at radius 1 is 1.54 bits per heavy atom. The van der Waals surface area contributed by atoms with Crippen molar-refractivity contribution in [1.82, 2.24) is 4.98 Å². The van der Waals surface area contributed by atoms with Gasteiger partial charge in [-0.15, -0.1) is 11.8 Å². The van der Waals surface area contributed by atoms with Gasteiger partial charge >= 0.3 is 0 Å². The van der Waals surface area contributed by atoms with Crippen molar-refractivity contribution in [3.05, 3.63) is 5.69 Å². The first kappa shape index (κ1) is 10.8. The largest absolute Gasteiger partial charge is 0.396 e. The van der Waals surface area contributed by atoms with Crippen molar-refractivity contribution in [3.8, 4) is 0 Å². The topological polar surface area (TPSA) is 59.1 Å². The average Bonchev–Trinajstić information content (AvgIpc) is 2.39. The van der Waals surface area contributed by atoms with Crippen LogP contribution in [0.1, 0.15) is 18.5 Å². The van der Waals surface area contributed by atoms with E-state index in [0.717, 1.165) is 24.3 Å². The number of aliphatic hydroxyl groups is 1. The normalized spacial score (nSPS) is 10.6. The summed E-state index contributed by atoms with van der Waals surface area (Å²) >= 11 is 3.31. The van der Waals surface area contributed by atoms with Crippen molar-refractivity contribution >= 4 is 28.2 Å². The third-order valence-corrected chi connectivity index (χ3v) is 3.99. The molecule has 1 aromatic heterocycles. The molecule has 74 valence electrons. The summed E-state index contributed by atoms with van der Waals surface area (Å²) in [4.78, 5) is 4.14. The Morgan fingerprint density at radius 3 is 2.85 bits per heavy atom. The van der Waals surface area contributed by atoms with Crippen LogP contribution >= 0.6 is 23.1 Å². The summed E-state index contributed by atoms with van der Waals surface area (Å²) in [6.45, 7) is 2.26. The molecule has 0 aromatic carbocycles. The lowest BCUT2D eigenvalue weighted by molar-refractivity contribution is 0.287. The van der Waals surface area contributed by atoms with Crippen molar-refractivity contribution in [3.63, 3.8) is 0 Å². The Hall–Kier alpha value is -0.260. The first-order valence-electron chi connectivity index (χ1n) is 4.20. The highest BCUT2D eigenvalue weighted by Crippen LogP contribution is 2.30. The molecule has 0 fully saturated rings. The van der Waals surface area contributed by atoms with Gasteiger partial charge in [0.25, 0.3) is 0 Å². The van der Waals surface area contributed by atoms with Crippen molar-refractivity contribution in [2.45, 2.75) is 24.0 Å². The van der Waals surface area contributed by atoms with Crippen LogP contribution < -0.4 is 5.73 Å². The van der Waals surface area contributed by atoms with Gasteiger partial charge in [0.1, 0.15) is 0 Å². The van der Waals surface area contributed by atoms with E-state index in [9.17, 15) is 0 Å². The van der Waals surface area contributed by atoms with Crippen LogP contribution in [0.15, 0.2) is 4.21 Å². The van der Waals surface area contributed by atoms with E-state index in [1.165, 1.54) is 15.5 Å². The van der Waals surface area contributed by atoms with Gasteiger partial charge in [-0.05, 0) is 25.5 Å². The third kappa shape index (κ3) is 3.54. The minimum atomic E-state index is 0.282. The fourth-order valence-corrected chi connectivity index (χ4v) is 3.01. The zero-order valence-corrected chi connectivity index (χ0v) is 9.25. The van der Waals surface area contributed by atoms with E-state index in [1.54, 1.807) is 11.8 Å². The molecule has 1 heterocycles. The van der Waals surface area contributed by atoms with Crippen molar-refractivity contribution in [1.29, 1.82) is 0 Å². The van der Waals surface area contributed by atoms with Crippen LogP contribution in [-0.4, -0.2) is 22.5 Å². The number of nitrogens with two attached hydrogens (primary N) is 1. The summed E-state index contributed by atoms with van der Waals surface area (Å²) in [5, 5.41) is 9.22. The van der Waals surface area contributed by atoms with Crippen molar-refractivity contribution in [2.24, 2.45) is 0 Å². The molecule has 0 saturated carbocycles. The average molecular weight is 218 g/mol. The minimum absolute atomic E-state index is 0.282. The number of thiazole rings is 1. The minimum Gasteiger partial charge on any atom is -0.396 e. The van der Waals surface area contributed by atoms with Gasteiger partial charge in [0, 0.05) is 6.61 Å². The number of rotatable bonds is 5. The van der Waals surface area contributed by atoms with E-state index < -0.39 is 0 Å². The molecule has 0 amide bonds. The standard InChI is InChI=1S/C8H14N2OS2/c1-6-7(13-8(9)10-6)12-5-3-2-4-11/h11H,2-5H2,1H3,(H2,9,10). The first-order chi connectivity index (χ1) is 6.24. The predicted octanol–water partition coefficient (Wildman–Crippen LogP) is 1.90. The zero-order chi connectivity index (χ0) is 9.68. The van der Waals surface area contributed by atoms with Crippen molar-refractivity contribution < 1.29 is 5.11 Å². The number of unbranched alkanes of at least 4 members (excludes halogenated alkanes) is 1. The van der Waals surface area contributed by atoms with E-state index >= 15 is 0 Å². The molecule has 0 radical (unpaired) electrons. The second kappa shape index (κ2) is 5.47. The fourth-order valence-electron chi connectivity index (χ4n) is 0.915. The van der Waals surface area contributed by atoms with Gasteiger partial charge in [-0.1, -0.05) is 11.3 Å². The number of anilines is 1. The van der Waals surface area contributed by atoms with E-state index in [2.05, 4.69) is 4.98 Å². The Morgan fingerprint density at radius 2 is 2.31 bits per heavy atom. The summed E-state index contributed by atoms with van der Waals surface area (Å²) in [5.41, 5.74) is 6.59. The van der Waals surface area contributed by atoms with Crippen LogP contribution in [-0.2, 0) is 0 Å². The van der Waals surface area contributed by atoms with Crippen LogP contribution in [0.4, 0.5) is 5.13 Å². The van der Waals surface area contributed by atoms with Gasteiger partial charge < -0.3 is 10.8 Å². The molecular formula is C8H14N2OS2. The molecule has 13 heavy (non-hydrogen) atoms. The van der Waals surface area contributed by atoms with Crippen LogP contribution in [0.2, 0.25) is 0 Å². The van der Waals surface area contributed by atoms with Crippen LogP contribution in [0.25, 0.3) is 0 Å². The van der Waals surface area contributed by atoms with Crippen LogP contribution in [0.3, 0.4) is 0 Å². The molecule has 3 N–H and O–H groups in total. The van der Waals surface area contributed by atoms with Gasteiger partial charge in [-0.2, -0.15) is 0 Å². The molecule has 0 saturated heterocycles.